The zero-order chi connectivity index (χ0) is 15.1. The van der Waals surface area contributed by atoms with Crippen molar-refractivity contribution in [2.75, 3.05) is 19.1 Å². The van der Waals surface area contributed by atoms with E-state index in [0.717, 1.165) is 24.4 Å². The Hall–Kier alpha value is -2.59. The van der Waals surface area contributed by atoms with Crippen LogP contribution in [0.5, 0.6) is 0 Å². The molecule has 0 aromatic heterocycles. The molecule has 0 spiro atoms. The molecule has 0 radical (unpaired) electrons. The van der Waals surface area contributed by atoms with Crippen LogP contribution in [0.3, 0.4) is 0 Å². The Morgan fingerprint density at radius 1 is 1.45 bits per heavy atom. The molecule has 0 aliphatic carbocycles. The van der Waals surface area contributed by atoms with E-state index >= 15 is 0 Å². The van der Waals surface area contributed by atoms with Crippen LogP contribution in [0.1, 0.15) is 0 Å². The standard InChI is InChI=1S/C10H12N4O6/c1-20-6-8(15)5-11-12-9-3-2-7(13(16)17)4-10(9)14(18)19/h2-5,8,12,15H,6H2,1H3/t8-/m1/s1. The molecule has 0 amide bonds. The van der Waals surface area contributed by atoms with Gasteiger partial charge in [-0.1, -0.05) is 0 Å². The summed E-state index contributed by atoms with van der Waals surface area (Å²) in [6.07, 6.45) is 0.124. The summed E-state index contributed by atoms with van der Waals surface area (Å²) in [6.45, 7) is 0.0214. The van der Waals surface area contributed by atoms with E-state index in [9.17, 15) is 25.3 Å². The van der Waals surface area contributed by atoms with Crippen LogP contribution in [0.4, 0.5) is 17.1 Å². The summed E-state index contributed by atoms with van der Waals surface area (Å²) in [5.41, 5.74) is 1.43. The molecule has 0 aliphatic heterocycles. The number of nitro benzene ring substituents is 2. The van der Waals surface area contributed by atoms with Gasteiger partial charge in [-0.25, -0.2) is 0 Å². The fourth-order valence-electron chi connectivity index (χ4n) is 1.29. The molecule has 10 heteroatoms. The maximum atomic E-state index is 10.8. The van der Waals surface area contributed by atoms with Crippen LogP contribution in [0.15, 0.2) is 23.3 Å². The van der Waals surface area contributed by atoms with E-state index in [-0.39, 0.29) is 12.3 Å². The Morgan fingerprint density at radius 2 is 2.15 bits per heavy atom. The van der Waals surface area contributed by atoms with Crippen molar-refractivity contribution in [2.24, 2.45) is 5.10 Å². The van der Waals surface area contributed by atoms with Crippen LogP contribution >= 0.6 is 0 Å². The number of methoxy groups -OCH3 is 1. The first-order chi connectivity index (χ1) is 9.45. The third-order valence-corrected chi connectivity index (χ3v) is 2.16. The van der Waals surface area contributed by atoms with Crippen LogP contribution in [-0.2, 0) is 4.74 Å². The molecule has 1 aromatic rings. The second kappa shape index (κ2) is 7.11. The molecule has 0 saturated heterocycles. The molecule has 0 aliphatic rings. The zero-order valence-electron chi connectivity index (χ0n) is 10.4. The summed E-state index contributed by atoms with van der Waals surface area (Å²) in [5, 5.41) is 34.2. The molecular weight excluding hydrogens is 272 g/mol. The largest absolute Gasteiger partial charge is 0.385 e. The van der Waals surface area contributed by atoms with Gasteiger partial charge in [-0.2, -0.15) is 5.10 Å². The van der Waals surface area contributed by atoms with Gasteiger partial charge in [-0.3, -0.25) is 25.7 Å². The van der Waals surface area contributed by atoms with Crippen LogP contribution < -0.4 is 5.43 Å². The number of nitro groups is 2. The summed E-state index contributed by atoms with van der Waals surface area (Å²) in [7, 11) is 1.39. The number of benzene rings is 1. The van der Waals surface area contributed by atoms with Gasteiger partial charge < -0.3 is 9.84 Å². The molecule has 0 unspecified atom stereocenters. The Bertz CT molecular complexity index is 532. The lowest BCUT2D eigenvalue weighted by atomic mass is 10.2. The zero-order valence-corrected chi connectivity index (χ0v) is 10.4. The number of aliphatic hydroxyl groups is 1. The second-order valence-corrected chi connectivity index (χ2v) is 3.63. The molecule has 0 fully saturated rings. The number of non-ortho nitro benzene ring substituents is 1. The van der Waals surface area contributed by atoms with Gasteiger partial charge in [0.1, 0.15) is 11.8 Å². The summed E-state index contributed by atoms with van der Waals surface area (Å²) < 4.78 is 4.66. The van der Waals surface area contributed by atoms with Crippen LogP contribution in [0, 0.1) is 20.2 Å². The van der Waals surface area contributed by atoms with Crippen molar-refractivity contribution in [2.45, 2.75) is 6.10 Å². The highest BCUT2D eigenvalue weighted by Gasteiger charge is 2.19. The van der Waals surface area contributed by atoms with E-state index in [1.807, 2.05) is 0 Å². The average Bonchev–Trinajstić information content (AvgIpc) is 2.38. The second-order valence-electron chi connectivity index (χ2n) is 3.63. The highest BCUT2D eigenvalue weighted by molar-refractivity contribution is 5.68. The summed E-state index contributed by atoms with van der Waals surface area (Å²) >= 11 is 0. The fraction of sp³-hybridized carbons (Fsp3) is 0.300. The quantitative estimate of drug-likeness (QED) is 0.430. The van der Waals surface area contributed by atoms with Gasteiger partial charge in [0.15, 0.2) is 0 Å². The van der Waals surface area contributed by atoms with Gasteiger partial charge in [-0.15, -0.1) is 0 Å². The SMILES string of the molecule is COC[C@H](O)C=NNc1ccc([N+](=O)[O-])cc1[N+](=O)[O-]. The van der Waals surface area contributed by atoms with Crippen LogP contribution in [0.25, 0.3) is 0 Å². The lowest BCUT2D eigenvalue weighted by Crippen LogP contribution is -2.16. The molecule has 0 saturated carbocycles. The summed E-state index contributed by atoms with van der Waals surface area (Å²) in [5.74, 6) is 0. The minimum atomic E-state index is -0.968. The van der Waals surface area contributed by atoms with Gasteiger partial charge in [0.2, 0.25) is 0 Å². The van der Waals surface area contributed by atoms with Crippen molar-refractivity contribution in [3.63, 3.8) is 0 Å². The Morgan fingerprint density at radius 3 is 2.70 bits per heavy atom. The van der Waals surface area contributed by atoms with E-state index in [4.69, 9.17) is 0 Å². The number of nitrogens with zero attached hydrogens (tertiary/aromatic N) is 3. The van der Waals surface area contributed by atoms with Crippen LogP contribution in [-0.4, -0.2) is 41.0 Å². The summed E-state index contributed by atoms with van der Waals surface area (Å²) in [4.78, 5) is 19.9. The van der Waals surface area contributed by atoms with E-state index in [1.165, 1.54) is 7.11 Å². The number of nitrogens with one attached hydrogen (secondary N) is 1. The Kier molecular flexibility index (Phi) is 5.50. The summed E-state index contributed by atoms with van der Waals surface area (Å²) in [6, 6.07) is 3.09. The Balaban J connectivity index is 2.89. The lowest BCUT2D eigenvalue weighted by molar-refractivity contribution is -0.393. The van der Waals surface area contributed by atoms with Crippen molar-refractivity contribution in [1.82, 2.24) is 0 Å². The maximum Gasteiger partial charge on any atom is 0.301 e. The topological polar surface area (TPSA) is 140 Å². The number of aliphatic hydroxyl groups excluding tert-OH is 1. The average molecular weight is 284 g/mol. The highest BCUT2D eigenvalue weighted by atomic mass is 16.6. The van der Waals surface area contributed by atoms with Gasteiger partial charge in [0.25, 0.3) is 5.69 Å². The van der Waals surface area contributed by atoms with Gasteiger partial charge >= 0.3 is 5.69 Å². The van der Waals surface area contributed by atoms with Crippen molar-refractivity contribution in [1.29, 1.82) is 0 Å². The van der Waals surface area contributed by atoms with E-state index in [1.54, 1.807) is 0 Å². The number of rotatable bonds is 7. The third kappa shape index (κ3) is 4.26. The molecule has 0 bridgehead atoms. The normalized spacial score (nSPS) is 12.3. The van der Waals surface area contributed by atoms with Gasteiger partial charge in [0.05, 0.1) is 28.7 Å². The number of anilines is 1. The molecule has 108 valence electrons. The first-order valence-corrected chi connectivity index (χ1v) is 5.34. The first kappa shape index (κ1) is 15.5. The first-order valence-electron chi connectivity index (χ1n) is 5.34. The molecule has 1 rings (SSSR count). The number of hydrazone groups is 1. The smallest absolute Gasteiger partial charge is 0.301 e. The van der Waals surface area contributed by atoms with Crippen molar-refractivity contribution in [3.05, 3.63) is 38.4 Å². The van der Waals surface area contributed by atoms with E-state index < -0.39 is 27.3 Å². The van der Waals surface area contributed by atoms with Crippen LogP contribution in [0.2, 0.25) is 0 Å². The third-order valence-electron chi connectivity index (χ3n) is 2.16. The minimum absolute atomic E-state index is 0.0214. The molecule has 10 nitrogen and oxygen atoms in total. The molecule has 2 N–H and O–H groups in total. The van der Waals surface area contributed by atoms with Gasteiger partial charge in [-0.05, 0) is 6.07 Å². The predicted octanol–water partition coefficient (Wildman–Crippen LogP) is 0.908. The molecule has 1 atom stereocenters. The molecular formula is C10H12N4O6. The maximum absolute atomic E-state index is 10.8. The van der Waals surface area contributed by atoms with E-state index in [2.05, 4.69) is 15.3 Å². The highest BCUT2D eigenvalue weighted by Crippen LogP contribution is 2.28. The van der Waals surface area contributed by atoms with Crippen molar-refractivity contribution < 1.29 is 19.7 Å². The minimum Gasteiger partial charge on any atom is -0.385 e. The molecule has 0 heterocycles. The monoisotopic (exact) mass is 284 g/mol. The lowest BCUT2D eigenvalue weighted by Gasteiger charge is -2.04. The fourth-order valence-corrected chi connectivity index (χ4v) is 1.29. The van der Waals surface area contributed by atoms with E-state index in [0.29, 0.717) is 0 Å². The molecule has 1 aromatic carbocycles. The Labute approximate surface area is 113 Å². The van der Waals surface area contributed by atoms with Crippen molar-refractivity contribution >= 4 is 23.3 Å². The molecule has 20 heavy (non-hydrogen) atoms. The number of hydrogen-bond donors (Lipinski definition) is 2. The van der Waals surface area contributed by atoms with Gasteiger partial charge in [0, 0.05) is 13.2 Å². The number of ether oxygens (including phenoxy) is 1. The predicted molar refractivity (Wildman–Crippen MR) is 69.7 cm³/mol. The van der Waals surface area contributed by atoms with Crippen molar-refractivity contribution in [3.8, 4) is 0 Å². The number of hydrogen-bond acceptors (Lipinski definition) is 8.